The molecule has 0 aliphatic carbocycles. The third-order valence-corrected chi connectivity index (χ3v) is 3.59. The number of rotatable bonds is 5. The number of nitrogens with zero attached hydrogens (tertiary/aromatic N) is 3. The van der Waals surface area contributed by atoms with E-state index < -0.39 is 5.97 Å². The summed E-state index contributed by atoms with van der Waals surface area (Å²) in [6, 6.07) is 0. The number of carbonyl (C=O) groups is 1. The van der Waals surface area contributed by atoms with E-state index in [9.17, 15) is 4.79 Å². The van der Waals surface area contributed by atoms with Crippen molar-refractivity contribution in [2.75, 3.05) is 32.8 Å². The van der Waals surface area contributed by atoms with E-state index in [0.29, 0.717) is 26.2 Å². The SMILES string of the molecule is Cc1nn(CCO)cc1CN1CCNC[C@@H](C(=O)O)C1. The Morgan fingerprint density at radius 1 is 1.60 bits per heavy atom. The van der Waals surface area contributed by atoms with Crippen molar-refractivity contribution in [3.8, 4) is 0 Å². The van der Waals surface area contributed by atoms with Gasteiger partial charge in [-0.1, -0.05) is 0 Å². The number of carboxylic acids is 1. The van der Waals surface area contributed by atoms with Crippen molar-refractivity contribution in [1.29, 1.82) is 0 Å². The zero-order valence-electron chi connectivity index (χ0n) is 11.7. The van der Waals surface area contributed by atoms with Gasteiger partial charge < -0.3 is 15.5 Å². The van der Waals surface area contributed by atoms with E-state index in [1.54, 1.807) is 4.68 Å². The lowest BCUT2D eigenvalue weighted by atomic mass is 10.1. The summed E-state index contributed by atoms with van der Waals surface area (Å²) in [4.78, 5) is 13.3. The highest BCUT2D eigenvalue weighted by Gasteiger charge is 2.24. The van der Waals surface area contributed by atoms with Crippen LogP contribution in [0.1, 0.15) is 11.3 Å². The van der Waals surface area contributed by atoms with Crippen LogP contribution in [0.15, 0.2) is 6.20 Å². The molecule has 0 unspecified atom stereocenters. The first-order valence-corrected chi connectivity index (χ1v) is 6.90. The van der Waals surface area contributed by atoms with Gasteiger partial charge in [-0.15, -0.1) is 0 Å². The van der Waals surface area contributed by atoms with Crippen LogP contribution < -0.4 is 5.32 Å². The van der Waals surface area contributed by atoms with Crippen LogP contribution in [0, 0.1) is 12.8 Å². The van der Waals surface area contributed by atoms with Crippen LogP contribution in [0.2, 0.25) is 0 Å². The third kappa shape index (κ3) is 3.78. The van der Waals surface area contributed by atoms with Gasteiger partial charge in [-0.25, -0.2) is 0 Å². The topological polar surface area (TPSA) is 90.6 Å². The molecule has 1 fully saturated rings. The molecule has 0 spiro atoms. The minimum atomic E-state index is -0.753. The lowest BCUT2D eigenvalue weighted by Crippen LogP contribution is -2.33. The second-order valence-corrected chi connectivity index (χ2v) is 5.20. The number of hydrogen-bond acceptors (Lipinski definition) is 5. The molecule has 3 N–H and O–H groups in total. The summed E-state index contributed by atoms with van der Waals surface area (Å²) in [6.45, 7) is 5.88. The molecular formula is C13H22N4O3. The number of nitrogens with one attached hydrogen (secondary N) is 1. The predicted octanol–water partition coefficient (Wildman–Crippen LogP) is -0.710. The highest BCUT2D eigenvalue weighted by atomic mass is 16.4. The number of aromatic nitrogens is 2. The minimum Gasteiger partial charge on any atom is -0.481 e. The van der Waals surface area contributed by atoms with Gasteiger partial charge in [0.15, 0.2) is 0 Å². The molecule has 1 aromatic rings. The second-order valence-electron chi connectivity index (χ2n) is 5.20. The fourth-order valence-electron chi connectivity index (χ4n) is 2.46. The monoisotopic (exact) mass is 282 g/mol. The van der Waals surface area contributed by atoms with Gasteiger partial charge in [0.25, 0.3) is 0 Å². The van der Waals surface area contributed by atoms with Gasteiger partial charge in [0.05, 0.1) is 24.8 Å². The van der Waals surface area contributed by atoms with Crippen molar-refractivity contribution in [3.63, 3.8) is 0 Å². The van der Waals surface area contributed by atoms with E-state index in [1.165, 1.54) is 0 Å². The molecule has 1 aliphatic rings. The lowest BCUT2D eigenvalue weighted by molar-refractivity contribution is -0.142. The maximum Gasteiger partial charge on any atom is 0.309 e. The summed E-state index contributed by atoms with van der Waals surface area (Å²) in [6.07, 6.45) is 1.93. The minimum absolute atomic E-state index is 0.0648. The summed E-state index contributed by atoms with van der Waals surface area (Å²) in [5.74, 6) is -1.12. The summed E-state index contributed by atoms with van der Waals surface area (Å²) >= 11 is 0. The molecule has 7 nitrogen and oxygen atoms in total. The number of hydrogen-bond donors (Lipinski definition) is 3. The number of carboxylic acid groups (broad SMARTS) is 1. The standard InChI is InChI=1S/C13H22N4O3/c1-10-12(9-17(15-10)4-5-18)8-16-3-2-14-6-11(7-16)13(19)20/h9,11,14,18H,2-8H2,1H3,(H,19,20)/t11-/m1/s1. The first-order chi connectivity index (χ1) is 9.60. The molecular weight excluding hydrogens is 260 g/mol. The zero-order chi connectivity index (χ0) is 14.5. The Kier molecular flexibility index (Phi) is 5.11. The molecule has 1 aliphatic heterocycles. The van der Waals surface area contributed by atoms with Crippen molar-refractivity contribution in [1.82, 2.24) is 20.0 Å². The van der Waals surface area contributed by atoms with Crippen molar-refractivity contribution in [2.24, 2.45) is 5.92 Å². The smallest absolute Gasteiger partial charge is 0.309 e. The van der Waals surface area contributed by atoms with E-state index in [-0.39, 0.29) is 12.5 Å². The van der Waals surface area contributed by atoms with Gasteiger partial charge in [-0.2, -0.15) is 5.10 Å². The van der Waals surface area contributed by atoms with Crippen molar-refractivity contribution >= 4 is 5.97 Å². The number of aliphatic carboxylic acids is 1. The Morgan fingerprint density at radius 3 is 3.10 bits per heavy atom. The Labute approximate surface area is 118 Å². The molecule has 0 aromatic carbocycles. The molecule has 0 bridgehead atoms. The Morgan fingerprint density at radius 2 is 2.40 bits per heavy atom. The quantitative estimate of drug-likeness (QED) is 0.661. The molecule has 0 amide bonds. The van der Waals surface area contributed by atoms with E-state index in [1.807, 2.05) is 13.1 Å². The third-order valence-electron chi connectivity index (χ3n) is 3.59. The van der Waals surface area contributed by atoms with Gasteiger partial charge in [-0.3, -0.25) is 14.4 Å². The molecule has 0 radical (unpaired) electrons. The van der Waals surface area contributed by atoms with Gasteiger partial charge in [-0.05, 0) is 6.92 Å². The van der Waals surface area contributed by atoms with E-state index in [0.717, 1.165) is 24.3 Å². The molecule has 0 saturated carbocycles. The Bertz CT molecular complexity index is 460. The molecule has 2 rings (SSSR count). The van der Waals surface area contributed by atoms with Crippen LogP contribution in [0.4, 0.5) is 0 Å². The van der Waals surface area contributed by atoms with Crippen molar-refractivity contribution in [2.45, 2.75) is 20.0 Å². The van der Waals surface area contributed by atoms with Gasteiger partial charge >= 0.3 is 5.97 Å². The van der Waals surface area contributed by atoms with E-state index >= 15 is 0 Å². The molecule has 1 saturated heterocycles. The first kappa shape index (κ1) is 15.0. The zero-order valence-corrected chi connectivity index (χ0v) is 11.7. The molecule has 1 atom stereocenters. The molecule has 7 heteroatoms. The summed E-state index contributed by atoms with van der Waals surface area (Å²) in [5, 5.41) is 25.6. The highest BCUT2D eigenvalue weighted by molar-refractivity contribution is 5.70. The van der Waals surface area contributed by atoms with Crippen LogP contribution in [0.25, 0.3) is 0 Å². The van der Waals surface area contributed by atoms with Crippen molar-refractivity contribution in [3.05, 3.63) is 17.5 Å². The molecule has 2 heterocycles. The molecule has 20 heavy (non-hydrogen) atoms. The number of aliphatic hydroxyl groups is 1. The predicted molar refractivity (Wildman–Crippen MR) is 73.3 cm³/mol. The maximum atomic E-state index is 11.2. The normalized spacial score (nSPS) is 20.8. The summed E-state index contributed by atoms with van der Waals surface area (Å²) in [5.41, 5.74) is 2.02. The largest absolute Gasteiger partial charge is 0.481 e. The molecule has 1 aromatic heterocycles. The van der Waals surface area contributed by atoms with Crippen LogP contribution in [-0.4, -0.2) is 63.6 Å². The maximum absolute atomic E-state index is 11.2. The van der Waals surface area contributed by atoms with E-state index in [4.69, 9.17) is 10.2 Å². The Balaban J connectivity index is 2.02. The fraction of sp³-hybridized carbons (Fsp3) is 0.692. The number of aliphatic hydroxyl groups excluding tert-OH is 1. The summed E-state index contributed by atoms with van der Waals surface area (Å²) < 4.78 is 1.73. The van der Waals surface area contributed by atoms with Gasteiger partial charge in [0.1, 0.15) is 0 Å². The number of aryl methyl sites for hydroxylation is 1. The fourth-order valence-corrected chi connectivity index (χ4v) is 2.46. The average Bonchev–Trinajstić information content (AvgIpc) is 2.62. The van der Waals surface area contributed by atoms with Crippen LogP contribution in [0.5, 0.6) is 0 Å². The second kappa shape index (κ2) is 6.83. The van der Waals surface area contributed by atoms with E-state index in [2.05, 4.69) is 15.3 Å². The van der Waals surface area contributed by atoms with Crippen LogP contribution in [0.3, 0.4) is 0 Å². The Hall–Kier alpha value is -1.44. The molecule has 112 valence electrons. The van der Waals surface area contributed by atoms with Gasteiger partial charge in [0, 0.05) is 44.5 Å². The first-order valence-electron chi connectivity index (χ1n) is 6.90. The average molecular weight is 282 g/mol. The lowest BCUT2D eigenvalue weighted by Gasteiger charge is -2.21. The highest BCUT2D eigenvalue weighted by Crippen LogP contribution is 2.12. The van der Waals surface area contributed by atoms with Crippen LogP contribution >= 0.6 is 0 Å². The summed E-state index contributed by atoms with van der Waals surface area (Å²) in [7, 11) is 0. The van der Waals surface area contributed by atoms with Crippen molar-refractivity contribution < 1.29 is 15.0 Å². The van der Waals surface area contributed by atoms with Gasteiger partial charge in [0.2, 0.25) is 0 Å². The van der Waals surface area contributed by atoms with Crippen LogP contribution in [-0.2, 0) is 17.9 Å².